The van der Waals surface area contributed by atoms with Crippen molar-refractivity contribution in [3.05, 3.63) is 61.1 Å². The van der Waals surface area contributed by atoms with E-state index < -0.39 is 0 Å². The molecule has 2 aromatic heterocycles. The predicted octanol–water partition coefficient (Wildman–Crippen LogP) is 3.16. The van der Waals surface area contributed by atoms with Crippen LogP contribution in [0, 0.1) is 0 Å². The summed E-state index contributed by atoms with van der Waals surface area (Å²) < 4.78 is 1.89. The van der Waals surface area contributed by atoms with Gasteiger partial charge in [0.15, 0.2) is 0 Å². The molecule has 4 nitrogen and oxygen atoms in total. The number of nitrogen functional groups attached to an aromatic ring is 1. The number of rotatable bonds is 1. The Bertz CT molecular complexity index is 919. The lowest BCUT2D eigenvalue weighted by molar-refractivity contribution is 0.912. The Morgan fingerprint density at radius 1 is 0.850 bits per heavy atom. The average Bonchev–Trinajstić information content (AvgIpc) is 2.92. The van der Waals surface area contributed by atoms with E-state index in [1.54, 1.807) is 6.20 Å². The van der Waals surface area contributed by atoms with E-state index in [9.17, 15) is 0 Å². The van der Waals surface area contributed by atoms with Gasteiger partial charge in [-0.1, -0.05) is 30.3 Å². The summed E-state index contributed by atoms with van der Waals surface area (Å²) in [5, 5.41) is 7.65. The highest BCUT2D eigenvalue weighted by molar-refractivity contribution is 5.94. The van der Waals surface area contributed by atoms with Gasteiger partial charge >= 0.3 is 0 Å². The van der Waals surface area contributed by atoms with Crippen LogP contribution in [0.4, 0.5) is 5.69 Å². The van der Waals surface area contributed by atoms with Crippen LogP contribution < -0.4 is 5.73 Å². The zero-order valence-corrected chi connectivity index (χ0v) is 10.7. The van der Waals surface area contributed by atoms with E-state index in [-0.39, 0.29) is 0 Å². The van der Waals surface area contributed by atoms with Gasteiger partial charge in [0, 0.05) is 28.0 Å². The molecule has 0 amide bonds. The molecule has 0 spiro atoms. The molecule has 4 aromatic rings. The minimum atomic E-state index is 0.738. The normalized spacial score (nSPS) is 11.2. The standard InChI is InChI=1S/C16H12N4/c17-14-6-3-7-15-13(14)9-19-20(15)16-10-18-8-11-4-1-2-5-12(11)16/h1-10H,17H2. The van der Waals surface area contributed by atoms with E-state index >= 15 is 0 Å². The van der Waals surface area contributed by atoms with Crippen LogP contribution in [0.15, 0.2) is 61.1 Å². The smallest absolute Gasteiger partial charge is 0.0914 e. The van der Waals surface area contributed by atoms with Crippen LogP contribution >= 0.6 is 0 Å². The first-order valence-electron chi connectivity index (χ1n) is 6.40. The van der Waals surface area contributed by atoms with Crippen LogP contribution in [0.5, 0.6) is 0 Å². The number of nitrogens with two attached hydrogens (primary N) is 1. The highest BCUT2D eigenvalue weighted by Gasteiger charge is 2.09. The Morgan fingerprint density at radius 2 is 1.75 bits per heavy atom. The third kappa shape index (κ3) is 1.48. The molecule has 0 radical (unpaired) electrons. The molecule has 2 heterocycles. The second-order valence-electron chi connectivity index (χ2n) is 4.72. The number of fused-ring (bicyclic) bond motifs is 2. The predicted molar refractivity (Wildman–Crippen MR) is 80.8 cm³/mol. The summed E-state index contributed by atoms with van der Waals surface area (Å²) in [5.41, 5.74) is 8.68. The van der Waals surface area contributed by atoms with Gasteiger partial charge in [0.25, 0.3) is 0 Å². The third-order valence-electron chi connectivity index (χ3n) is 3.52. The summed E-state index contributed by atoms with van der Waals surface area (Å²) in [6.07, 6.45) is 5.49. The zero-order valence-electron chi connectivity index (χ0n) is 10.7. The SMILES string of the molecule is Nc1cccc2c1cnn2-c1cncc2ccccc12. The molecule has 2 aromatic carbocycles. The lowest BCUT2D eigenvalue weighted by atomic mass is 10.1. The van der Waals surface area contributed by atoms with Gasteiger partial charge in [0.1, 0.15) is 0 Å². The summed E-state index contributed by atoms with van der Waals surface area (Å²) in [4.78, 5) is 4.31. The van der Waals surface area contributed by atoms with Crippen molar-refractivity contribution in [1.29, 1.82) is 0 Å². The summed E-state index contributed by atoms with van der Waals surface area (Å²) in [7, 11) is 0. The Hall–Kier alpha value is -2.88. The largest absolute Gasteiger partial charge is 0.398 e. The van der Waals surface area contributed by atoms with Crippen LogP contribution in [0.1, 0.15) is 0 Å². The van der Waals surface area contributed by atoms with E-state index in [0.717, 1.165) is 33.1 Å². The quantitative estimate of drug-likeness (QED) is 0.535. The Labute approximate surface area is 115 Å². The molecule has 0 fully saturated rings. The lowest BCUT2D eigenvalue weighted by Crippen LogP contribution is -1.98. The average molecular weight is 260 g/mol. The second kappa shape index (κ2) is 4.06. The molecule has 0 aliphatic rings. The summed E-state index contributed by atoms with van der Waals surface area (Å²) in [5.74, 6) is 0. The number of hydrogen-bond acceptors (Lipinski definition) is 3. The van der Waals surface area contributed by atoms with Crippen molar-refractivity contribution in [3.63, 3.8) is 0 Å². The van der Waals surface area contributed by atoms with E-state index in [1.807, 2.05) is 53.5 Å². The van der Waals surface area contributed by atoms with Gasteiger partial charge in [-0.2, -0.15) is 5.10 Å². The zero-order chi connectivity index (χ0) is 13.5. The van der Waals surface area contributed by atoms with Crippen molar-refractivity contribution < 1.29 is 0 Å². The number of pyridine rings is 1. The molecule has 0 atom stereocenters. The summed E-state index contributed by atoms with van der Waals surface area (Å²) in [6, 6.07) is 14.0. The molecule has 2 N–H and O–H groups in total. The number of benzene rings is 2. The first kappa shape index (κ1) is 11.0. The van der Waals surface area contributed by atoms with Gasteiger partial charge in [-0.15, -0.1) is 0 Å². The van der Waals surface area contributed by atoms with Crippen LogP contribution in [-0.4, -0.2) is 14.8 Å². The second-order valence-corrected chi connectivity index (χ2v) is 4.72. The highest BCUT2D eigenvalue weighted by Crippen LogP contribution is 2.26. The molecule has 0 aliphatic heterocycles. The molecular weight excluding hydrogens is 248 g/mol. The van der Waals surface area contributed by atoms with E-state index in [4.69, 9.17) is 5.73 Å². The van der Waals surface area contributed by atoms with E-state index in [2.05, 4.69) is 16.1 Å². The van der Waals surface area contributed by atoms with Crippen LogP contribution in [0.25, 0.3) is 27.4 Å². The topological polar surface area (TPSA) is 56.7 Å². The summed E-state index contributed by atoms with van der Waals surface area (Å²) >= 11 is 0. The van der Waals surface area contributed by atoms with Crippen molar-refractivity contribution in [2.45, 2.75) is 0 Å². The van der Waals surface area contributed by atoms with Crippen molar-refractivity contribution >= 4 is 27.4 Å². The minimum absolute atomic E-state index is 0.738. The number of hydrogen-bond donors (Lipinski definition) is 1. The van der Waals surface area contributed by atoms with E-state index in [1.165, 1.54) is 0 Å². The van der Waals surface area contributed by atoms with Gasteiger partial charge < -0.3 is 5.73 Å². The number of anilines is 1. The molecule has 20 heavy (non-hydrogen) atoms. The Balaban J connectivity index is 2.09. The fourth-order valence-electron chi connectivity index (χ4n) is 2.53. The van der Waals surface area contributed by atoms with Crippen molar-refractivity contribution in [2.24, 2.45) is 0 Å². The first-order chi connectivity index (χ1) is 9.84. The fraction of sp³-hybridized carbons (Fsp3) is 0. The first-order valence-corrected chi connectivity index (χ1v) is 6.40. The van der Waals surface area contributed by atoms with Gasteiger partial charge in [-0.3, -0.25) is 4.98 Å². The molecule has 96 valence electrons. The van der Waals surface area contributed by atoms with E-state index in [0.29, 0.717) is 0 Å². The Morgan fingerprint density at radius 3 is 2.70 bits per heavy atom. The van der Waals surface area contributed by atoms with Gasteiger partial charge in [0.05, 0.1) is 23.6 Å². The maximum Gasteiger partial charge on any atom is 0.0914 e. The van der Waals surface area contributed by atoms with Crippen LogP contribution in [0.2, 0.25) is 0 Å². The van der Waals surface area contributed by atoms with Crippen molar-refractivity contribution in [1.82, 2.24) is 14.8 Å². The van der Waals surface area contributed by atoms with Gasteiger partial charge in [-0.05, 0) is 12.1 Å². The molecule has 0 aliphatic carbocycles. The lowest BCUT2D eigenvalue weighted by Gasteiger charge is -2.07. The molecule has 0 saturated carbocycles. The minimum Gasteiger partial charge on any atom is -0.398 e. The molecule has 4 rings (SSSR count). The molecule has 4 heteroatoms. The van der Waals surface area contributed by atoms with Crippen molar-refractivity contribution in [2.75, 3.05) is 5.73 Å². The van der Waals surface area contributed by atoms with Crippen molar-refractivity contribution in [3.8, 4) is 5.69 Å². The highest BCUT2D eigenvalue weighted by atomic mass is 15.3. The fourth-order valence-corrected chi connectivity index (χ4v) is 2.53. The van der Waals surface area contributed by atoms with Gasteiger partial charge in [0.2, 0.25) is 0 Å². The monoisotopic (exact) mass is 260 g/mol. The van der Waals surface area contributed by atoms with Crippen LogP contribution in [-0.2, 0) is 0 Å². The Kier molecular flexibility index (Phi) is 2.23. The molecular formula is C16H12N4. The number of nitrogens with zero attached hydrogens (tertiary/aromatic N) is 3. The van der Waals surface area contributed by atoms with Crippen LogP contribution in [0.3, 0.4) is 0 Å². The maximum atomic E-state index is 5.99. The maximum absolute atomic E-state index is 5.99. The molecule has 0 bridgehead atoms. The number of aromatic nitrogens is 3. The third-order valence-corrected chi connectivity index (χ3v) is 3.52. The summed E-state index contributed by atoms with van der Waals surface area (Å²) in [6.45, 7) is 0. The van der Waals surface area contributed by atoms with Gasteiger partial charge in [-0.25, -0.2) is 4.68 Å². The molecule has 0 saturated heterocycles. The molecule has 0 unspecified atom stereocenters.